The fourth-order valence-electron chi connectivity index (χ4n) is 1.85. The molecule has 0 aliphatic heterocycles. The van der Waals surface area contributed by atoms with Crippen molar-refractivity contribution in [1.82, 2.24) is 0 Å². The standard InChI is InChI=1S/C18H10O5/c1-3-11-9-13(17(19)20)5-7-15(11)23-16-8-6-14(18(21)22)10-12(16)4-2/h1-2,5-10H,(H,19,20)(H,21,22). The average molecular weight is 306 g/mol. The first kappa shape index (κ1) is 15.7. The van der Waals surface area contributed by atoms with Crippen molar-refractivity contribution < 1.29 is 24.5 Å². The normalized spacial score (nSPS) is 9.48. The largest absolute Gasteiger partial charge is 0.478 e. The van der Waals surface area contributed by atoms with Gasteiger partial charge in [0, 0.05) is 0 Å². The van der Waals surface area contributed by atoms with Gasteiger partial charge in [0.05, 0.1) is 22.3 Å². The van der Waals surface area contributed by atoms with Crippen LogP contribution in [0, 0.1) is 24.7 Å². The van der Waals surface area contributed by atoms with Gasteiger partial charge in [-0.1, -0.05) is 11.8 Å². The Kier molecular flexibility index (Phi) is 4.35. The van der Waals surface area contributed by atoms with E-state index < -0.39 is 11.9 Å². The third-order valence-corrected chi connectivity index (χ3v) is 2.98. The number of hydrogen-bond acceptors (Lipinski definition) is 3. The first-order valence-corrected chi connectivity index (χ1v) is 6.32. The highest BCUT2D eigenvalue weighted by molar-refractivity contribution is 5.89. The number of benzene rings is 2. The minimum Gasteiger partial charge on any atom is -0.478 e. The van der Waals surface area contributed by atoms with E-state index in [-0.39, 0.29) is 33.8 Å². The summed E-state index contributed by atoms with van der Waals surface area (Å²) in [7, 11) is 0. The Morgan fingerprint density at radius 3 is 1.52 bits per heavy atom. The van der Waals surface area contributed by atoms with Crippen LogP contribution in [0.25, 0.3) is 0 Å². The average Bonchev–Trinajstić information content (AvgIpc) is 2.55. The van der Waals surface area contributed by atoms with E-state index in [0.717, 1.165) is 0 Å². The number of aromatic carboxylic acids is 2. The Morgan fingerprint density at radius 1 is 0.826 bits per heavy atom. The first-order valence-electron chi connectivity index (χ1n) is 6.32. The van der Waals surface area contributed by atoms with Crippen molar-refractivity contribution in [3.8, 4) is 36.2 Å². The van der Waals surface area contributed by atoms with Gasteiger partial charge >= 0.3 is 11.9 Å². The maximum atomic E-state index is 10.9. The zero-order valence-electron chi connectivity index (χ0n) is 11.7. The van der Waals surface area contributed by atoms with Crippen molar-refractivity contribution in [3.05, 3.63) is 58.7 Å². The van der Waals surface area contributed by atoms with E-state index in [2.05, 4.69) is 11.8 Å². The van der Waals surface area contributed by atoms with Crippen LogP contribution in [-0.4, -0.2) is 22.2 Å². The van der Waals surface area contributed by atoms with Crippen LogP contribution in [0.1, 0.15) is 31.8 Å². The zero-order chi connectivity index (χ0) is 17.0. The predicted molar refractivity (Wildman–Crippen MR) is 82.7 cm³/mol. The van der Waals surface area contributed by atoms with Crippen LogP contribution in [0.15, 0.2) is 36.4 Å². The summed E-state index contributed by atoms with van der Waals surface area (Å²) in [6.45, 7) is 0. The number of carbonyl (C=O) groups is 2. The van der Waals surface area contributed by atoms with Gasteiger partial charge in [-0.05, 0) is 36.4 Å². The molecular weight excluding hydrogens is 296 g/mol. The molecule has 0 heterocycles. The van der Waals surface area contributed by atoms with Gasteiger partial charge in [-0.25, -0.2) is 9.59 Å². The minimum absolute atomic E-state index is 0.0312. The Labute approximate surface area is 132 Å². The van der Waals surface area contributed by atoms with Crippen LogP contribution in [0.4, 0.5) is 0 Å². The summed E-state index contributed by atoms with van der Waals surface area (Å²) in [5.74, 6) is 2.97. The Balaban J connectivity index is 2.44. The van der Waals surface area contributed by atoms with E-state index in [0.29, 0.717) is 0 Å². The summed E-state index contributed by atoms with van der Waals surface area (Å²) in [5.41, 5.74) is 0.553. The van der Waals surface area contributed by atoms with E-state index >= 15 is 0 Å². The van der Waals surface area contributed by atoms with E-state index in [1.165, 1.54) is 36.4 Å². The molecule has 0 aliphatic carbocycles. The molecule has 2 rings (SSSR count). The Morgan fingerprint density at radius 2 is 1.22 bits per heavy atom. The molecule has 2 aromatic carbocycles. The van der Waals surface area contributed by atoms with Crippen molar-refractivity contribution in [2.24, 2.45) is 0 Å². The van der Waals surface area contributed by atoms with Gasteiger partial charge in [-0.2, -0.15) is 0 Å². The molecule has 0 unspecified atom stereocenters. The molecule has 0 spiro atoms. The van der Waals surface area contributed by atoms with Crippen LogP contribution in [0.5, 0.6) is 11.5 Å². The lowest BCUT2D eigenvalue weighted by molar-refractivity contribution is 0.0686. The third kappa shape index (κ3) is 3.31. The molecule has 0 bridgehead atoms. The highest BCUT2D eigenvalue weighted by Gasteiger charge is 2.12. The monoisotopic (exact) mass is 306 g/mol. The van der Waals surface area contributed by atoms with Gasteiger partial charge in [0.25, 0.3) is 0 Å². The second kappa shape index (κ2) is 6.38. The van der Waals surface area contributed by atoms with Gasteiger partial charge in [-0.15, -0.1) is 12.8 Å². The number of terminal acetylenes is 2. The van der Waals surface area contributed by atoms with Gasteiger partial charge in [0.15, 0.2) is 0 Å². The number of carboxylic acid groups (broad SMARTS) is 2. The van der Waals surface area contributed by atoms with E-state index in [1.807, 2.05) is 0 Å². The lowest BCUT2D eigenvalue weighted by atomic mass is 10.1. The summed E-state index contributed by atoms with van der Waals surface area (Å²) < 4.78 is 5.62. The van der Waals surface area contributed by atoms with Gasteiger partial charge in [0.1, 0.15) is 11.5 Å². The van der Waals surface area contributed by atoms with Crippen molar-refractivity contribution in [1.29, 1.82) is 0 Å². The molecule has 0 fully saturated rings. The summed E-state index contributed by atoms with van der Waals surface area (Å²) in [6.07, 6.45) is 10.7. The topological polar surface area (TPSA) is 83.8 Å². The third-order valence-electron chi connectivity index (χ3n) is 2.98. The molecule has 0 aromatic heterocycles. The molecule has 0 radical (unpaired) electrons. The maximum absolute atomic E-state index is 10.9. The first-order chi connectivity index (χ1) is 11.0. The second-order valence-corrected chi connectivity index (χ2v) is 4.42. The zero-order valence-corrected chi connectivity index (χ0v) is 11.7. The SMILES string of the molecule is C#Cc1cc(C(=O)O)ccc1Oc1ccc(C(=O)O)cc1C#C. The van der Waals surface area contributed by atoms with Crippen molar-refractivity contribution in [2.45, 2.75) is 0 Å². The summed E-state index contributed by atoms with van der Waals surface area (Å²) in [4.78, 5) is 21.9. The molecule has 2 aromatic rings. The molecule has 0 amide bonds. The van der Waals surface area contributed by atoms with Crippen LogP contribution >= 0.6 is 0 Å². The lowest BCUT2D eigenvalue weighted by Gasteiger charge is -2.11. The number of carboxylic acids is 2. The summed E-state index contributed by atoms with van der Waals surface area (Å²) in [6, 6.07) is 8.14. The summed E-state index contributed by atoms with van der Waals surface area (Å²) in [5, 5.41) is 17.9. The Bertz CT molecular complexity index is 808. The predicted octanol–water partition coefficient (Wildman–Crippen LogP) is 2.84. The molecular formula is C18H10O5. The lowest BCUT2D eigenvalue weighted by Crippen LogP contribution is -2.00. The molecule has 0 aliphatic rings. The molecule has 0 atom stereocenters. The second-order valence-electron chi connectivity index (χ2n) is 4.42. The summed E-state index contributed by atoms with van der Waals surface area (Å²) >= 11 is 0. The van der Waals surface area contributed by atoms with E-state index in [4.69, 9.17) is 27.8 Å². The van der Waals surface area contributed by atoms with Crippen molar-refractivity contribution in [2.75, 3.05) is 0 Å². The smallest absolute Gasteiger partial charge is 0.335 e. The molecule has 0 saturated carbocycles. The van der Waals surface area contributed by atoms with Crippen molar-refractivity contribution in [3.63, 3.8) is 0 Å². The minimum atomic E-state index is -1.11. The van der Waals surface area contributed by atoms with Gasteiger partial charge < -0.3 is 14.9 Å². The van der Waals surface area contributed by atoms with E-state index in [1.54, 1.807) is 0 Å². The highest BCUT2D eigenvalue weighted by atomic mass is 16.5. The quantitative estimate of drug-likeness (QED) is 0.849. The molecule has 5 nitrogen and oxygen atoms in total. The molecule has 23 heavy (non-hydrogen) atoms. The van der Waals surface area contributed by atoms with Gasteiger partial charge in [-0.3, -0.25) is 0 Å². The number of ether oxygens (including phenoxy) is 1. The maximum Gasteiger partial charge on any atom is 0.335 e. The molecule has 5 heteroatoms. The van der Waals surface area contributed by atoms with Crippen molar-refractivity contribution >= 4 is 11.9 Å². The van der Waals surface area contributed by atoms with Crippen LogP contribution < -0.4 is 4.74 Å². The molecule has 112 valence electrons. The van der Waals surface area contributed by atoms with E-state index in [9.17, 15) is 9.59 Å². The number of rotatable bonds is 4. The fourth-order valence-corrected chi connectivity index (χ4v) is 1.85. The van der Waals surface area contributed by atoms with Crippen LogP contribution in [0.2, 0.25) is 0 Å². The molecule has 0 saturated heterocycles. The number of hydrogen-bond donors (Lipinski definition) is 2. The van der Waals surface area contributed by atoms with Gasteiger partial charge in [0.2, 0.25) is 0 Å². The fraction of sp³-hybridized carbons (Fsp3) is 0. The Hall–Kier alpha value is -3.70. The highest BCUT2D eigenvalue weighted by Crippen LogP contribution is 2.29. The van der Waals surface area contributed by atoms with Crippen LogP contribution in [-0.2, 0) is 0 Å². The van der Waals surface area contributed by atoms with Crippen LogP contribution in [0.3, 0.4) is 0 Å². The molecule has 2 N–H and O–H groups in total.